The molecule has 4 N–H and O–H groups in total. The van der Waals surface area contributed by atoms with Crippen LogP contribution in [0, 0.1) is 17.3 Å². The topological polar surface area (TPSA) is 92.4 Å². The van der Waals surface area contributed by atoms with Gasteiger partial charge >= 0.3 is 5.97 Å². The highest BCUT2D eigenvalue weighted by Crippen LogP contribution is 2.38. The fourth-order valence-electron chi connectivity index (χ4n) is 2.78. The van der Waals surface area contributed by atoms with E-state index >= 15 is 0 Å². The van der Waals surface area contributed by atoms with Crippen molar-refractivity contribution in [3.05, 3.63) is 0 Å². The Hall–Kier alpha value is -1.10. The van der Waals surface area contributed by atoms with Crippen molar-refractivity contribution in [3.8, 4) is 0 Å². The molecule has 5 heteroatoms. The maximum Gasteiger partial charge on any atom is 0.311 e. The van der Waals surface area contributed by atoms with Crippen molar-refractivity contribution in [2.75, 3.05) is 6.54 Å². The van der Waals surface area contributed by atoms with Crippen molar-refractivity contribution >= 4 is 11.9 Å². The zero-order valence-corrected chi connectivity index (χ0v) is 12.8. The number of hydrogen-bond donors (Lipinski definition) is 3. The largest absolute Gasteiger partial charge is 0.481 e. The van der Waals surface area contributed by atoms with Crippen LogP contribution in [-0.2, 0) is 9.59 Å². The molecule has 0 aromatic heterocycles. The first-order valence-electron chi connectivity index (χ1n) is 7.53. The lowest BCUT2D eigenvalue weighted by Crippen LogP contribution is -2.49. The summed E-state index contributed by atoms with van der Waals surface area (Å²) in [6, 6.07) is -0.552. The summed E-state index contributed by atoms with van der Waals surface area (Å²) < 4.78 is 0. The molecule has 0 spiro atoms. The van der Waals surface area contributed by atoms with Crippen LogP contribution in [0.5, 0.6) is 0 Å². The van der Waals surface area contributed by atoms with Crippen molar-refractivity contribution < 1.29 is 14.7 Å². The van der Waals surface area contributed by atoms with Gasteiger partial charge in [-0.05, 0) is 43.9 Å². The monoisotopic (exact) mass is 284 g/mol. The molecular weight excluding hydrogens is 256 g/mol. The minimum Gasteiger partial charge on any atom is -0.481 e. The van der Waals surface area contributed by atoms with Crippen molar-refractivity contribution in [2.45, 2.75) is 58.9 Å². The number of aliphatic carboxylic acids is 1. The Labute approximate surface area is 121 Å². The molecule has 1 unspecified atom stereocenters. The molecule has 1 rings (SSSR count). The van der Waals surface area contributed by atoms with Gasteiger partial charge in [-0.2, -0.15) is 0 Å². The smallest absolute Gasteiger partial charge is 0.311 e. The van der Waals surface area contributed by atoms with Crippen LogP contribution >= 0.6 is 0 Å². The van der Waals surface area contributed by atoms with Gasteiger partial charge in [0.25, 0.3) is 0 Å². The highest BCUT2D eigenvalue weighted by molar-refractivity contribution is 5.82. The first-order chi connectivity index (χ1) is 9.27. The van der Waals surface area contributed by atoms with Crippen LogP contribution in [0.3, 0.4) is 0 Å². The molecule has 0 saturated heterocycles. The summed E-state index contributed by atoms with van der Waals surface area (Å²) in [4.78, 5) is 23.5. The number of carboxylic acids is 1. The molecule has 1 aliphatic carbocycles. The molecule has 0 bridgehead atoms. The predicted octanol–water partition coefficient (Wildman–Crippen LogP) is 1.76. The Morgan fingerprint density at radius 1 is 1.35 bits per heavy atom. The Bertz CT molecular complexity index is 347. The van der Waals surface area contributed by atoms with Crippen LogP contribution in [-0.4, -0.2) is 29.6 Å². The van der Waals surface area contributed by atoms with Crippen LogP contribution in [0.2, 0.25) is 0 Å². The Kier molecular flexibility index (Phi) is 5.99. The summed E-state index contributed by atoms with van der Waals surface area (Å²) >= 11 is 0. The molecule has 1 amide bonds. The third kappa shape index (κ3) is 4.47. The fourth-order valence-corrected chi connectivity index (χ4v) is 2.78. The van der Waals surface area contributed by atoms with Gasteiger partial charge in [-0.15, -0.1) is 0 Å². The van der Waals surface area contributed by atoms with E-state index in [1.165, 1.54) is 0 Å². The number of hydrogen-bond acceptors (Lipinski definition) is 3. The summed E-state index contributed by atoms with van der Waals surface area (Å²) in [7, 11) is 0. The zero-order valence-electron chi connectivity index (χ0n) is 12.8. The first kappa shape index (κ1) is 17.0. The maximum atomic E-state index is 11.9. The van der Waals surface area contributed by atoms with E-state index in [4.69, 9.17) is 5.73 Å². The maximum absolute atomic E-state index is 11.9. The summed E-state index contributed by atoms with van der Waals surface area (Å²) in [6.45, 7) is 6.35. The third-order valence-corrected chi connectivity index (χ3v) is 4.35. The normalized spacial score (nSPS) is 28.1. The van der Waals surface area contributed by atoms with Crippen molar-refractivity contribution in [1.82, 2.24) is 5.32 Å². The third-order valence-electron chi connectivity index (χ3n) is 4.35. The van der Waals surface area contributed by atoms with Crippen LogP contribution in [0.25, 0.3) is 0 Å². The minimum atomic E-state index is -0.806. The summed E-state index contributed by atoms with van der Waals surface area (Å²) in [5.74, 6) is -0.124. The van der Waals surface area contributed by atoms with Crippen molar-refractivity contribution in [2.24, 2.45) is 23.0 Å². The van der Waals surface area contributed by atoms with E-state index in [-0.39, 0.29) is 12.5 Å². The molecular formula is C15H28N2O3. The van der Waals surface area contributed by atoms with Crippen LogP contribution < -0.4 is 11.1 Å². The summed E-state index contributed by atoms with van der Waals surface area (Å²) in [6.07, 6.45) is 3.68. The number of amides is 1. The molecule has 1 saturated carbocycles. The second-order valence-corrected chi connectivity index (χ2v) is 6.72. The van der Waals surface area contributed by atoms with E-state index in [1.807, 2.05) is 13.8 Å². The second kappa shape index (κ2) is 7.07. The van der Waals surface area contributed by atoms with Crippen LogP contribution in [0.4, 0.5) is 0 Å². The van der Waals surface area contributed by atoms with Gasteiger partial charge in [-0.1, -0.05) is 20.8 Å². The average Bonchev–Trinajstić information content (AvgIpc) is 2.37. The molecule has 1 atom stereocenters. The van der Waals surface area contributed by atoms with Crippen LogP contribution in [0.15, 0.2) is 0 Å². The number of nitrogens with one attached hydrogen (secondary N) is 1. The van der Waals surface area contributed by atoms with Gasteiger partial charge in [-0.25, -0.2) is 0 Å². The van der Waals surface area contributed by atoms with Crippen molar-refractivity contribution in [1.29, 1.82) is 0 Å². The SMILES string of the molecule is CC(C)CC(N)C(=O)NCC1(C(=O)O)CCC(C)CC1. The van der Waals surface area contributed by atoms with E-state index in [1.54, 1.807) is 0 Å². The highest BCUT2D eigenvalue weighted by atomic mass is 16.4. The predicted molar refractivity (Wildman–Crippen MR) is 78.1 cm³/mol. The quantitative estimate of drug-likeness (QED) is 0.693. The van der Waals surface area contributed by atoms with Crippen LogP contribution in [0.1, 0.15) is 52.9 Å². The number of carbonyl (C=O) groups is 2. The molecule has 0 aromatic rings. The highest BCUT2D eigenvalue weighted by Gasteiger charge is 2.41. The lowest BCUT2D eigenvalue weighted by molar-refractivity contribution is -0.151. The lowest BCUT2D eigenvalue weighted by atomic mass is 9.70. The number of nitrogens with two attached hydrogens (primary N) is 1. The van der Waals surface area contributed by atoms with E-state index in [0.29, 0.717) is 31.1 Å². The summed E-state index contributed by atoms with van der Waals surface area (Å²) in [5, 5.41) is 12.2. The zero-order chi connectivity index (χ0) is 15.3. The Morgan fingerprint density at radius 2 is 1.90 bits per heavy atom. The second-order valence-electron chi connectivity index (χ2n) is 6.72. The standard InChI is InChI=1S/C15H28N2O3/c1-10(2)8-12(16)13(18)17-9-15(14(19)20)6-4-11(3)5-7-15/h10-12H,4-9,16H2,1-3H3,(H,17,18)(H,19,20). The van der Waals surface area contributed by atoms with E-state index in [0.717, 1.165) is 12.8 Å². The number of rotatable bonds is 6. The number of carboxylic acid groups (broad SMARTS) is 1. The average molecular weight is 284 g/mol. The molecule has 0 radical (unpaired) electrons. The van der Waals surface area contributed by atoms with E-state index in [9.17, 15) is 14.7 Å². The molecule has 116 valence electrons. The van der Waals surface area contributed by atoms with Gasteiger partial charge in [0.2, 0.25) is 5.91 Å². The van der Waals surface area contributed by atoms with E-state index in [2.05, 4.69) is 12.2 Å². The molecule has 0 aromatic carbocycles. The lowest BCUT2D eigenvalue weighted by Gasteiger charge is -2.36. The fraction of sp³-hybridized carbons (Fsp3) is 0.867. The van der Waals surface area contributed by atoms with Gasteiger partial charge in [0, 0.05) is 6.54 Å². The Morgan fingerprint density at radius 3 is 2.35 bits per heavy atom. The summed E-state index contributed by atoms with van der Waals surface area (Å²) in [5.41, 5.74) is 5.01. The van der Waals surface area contributed by atoms with Gasteiger partial charge in [0.1, 0.15) is 0 Å². The van der Waals surface area contributed by atoms with Crippen molar-refractivity contribution in [3.63, 3.8) is 0 Å². The van der Waals surface area contributed by atoms with Gasteiger partial charge in [0.15, 0.2) is 0 Å². The molecule has 20 heavy (non-hydrogen) atoms. The van der Waals surface area contributed by atoms with Gasteiger partial charge < -0.3 is 16.2 Å². The molecule has 5 nitrogen and oxygen atoms in total. The van der Waals surface area contributed by atoms with Gasteiger partial charge in [-0.3, -0.25) is 9.59 Å². The van der Waals surface area contributed by atoms with E-state index < -0.39 is 17.4 Å². The molecule has 1 fully saturated rings. The van der Waals surface area contributed by atoms with Gasteiger partial charge in [0.05, 0.1) is 11.5 Å². The first-order valence-corrected chi connectivity index (χ1v) is 7.53. The molecule has 0 aliphatic heterocycles. The molecule has 0 heterocycles. The number of carbonyl (C=O) groups excluding carboxylic acids is 1. The minimum absolute atomic E-state index is 0.194. The molecule has 1 aliphatic rings. The Balaban J connectivity index is 2.56.